The van der Waals surface area contributed by atoms with Gasteiger partial charge >= 0.3 is 11.8 Å². The van der Waals surface area contributed by atoms with Crippen molar-refractivity contribution in [2.24, 2.45) is 0 Å². The highest BCUT2D eigenvalue weighted by Gasteiger charge is 2.33. The van der Waals surface area contributed by atoms with Crippen LogP contribution in [0, 0.1) is 0 Å². The smallest absolute Gasteiger partial charge is 0.309 e. The maximum absolute atomic E-state index is 12.8. The minimum atomic E-state index is -3.76. The highest BCUT2D eigenvalue weighted by Crippen LogP contribution is 2.31. The second-order valence-electron chi connectivity index (χ2n) is 5.90. The summed E-state index contributed by atoms with van der Waals surface area (Å²) in [4.78, 5) is 24.9. The van der Waals surface area contributed by atoms with Crippen LogP contribution in [0.5, 0.6) is 0 Å². The number of quaternary nitrogens is 1. The van der Waals surface area contributed by atoms with Gasteiger partial charge in [-0.05, 0) is 23.6 Å². The normalized spacial score (nSPS) is 12.7. The fraction of sp³-hybridized carbons (Fsp3) is 0.375. The molecular weight excluding hydrogens is 378 g/mol. The number of furan rings is 1. The van der Waals surface area contributed by atoms with Crippen LogP contribution < -0.4 is 15.5 Å². The summed E-state index contributed by atoms with van der Waals surface area (Å²) in [6, 6.07) is 6.23. The average molecular weight is 401 g/mol. The van der Waals surface area contributed by atoms with Crippen molar-refractivity contribution in [3.05, 3.63) is 41.7 Å². The molecule has 0 bridgehead atoms. The SMILES string of the molecule is C[NH+](C)CCNC(=O)C(=O)NC[C@H](c1ccco1)S(=O)(=O)c1cccs1. The number of hydrogen-bond acceptors (Lipinski definition) is 6. The van der Waals surface area contributed by atoms with Gasteiger partial charge in [0.25, 0.3) is 0 Å². The standard InChI is InChI=1S/C16H21N3O5S2/c1-19(2)8-7-17-15(20)16(21)18-11-13(12-5-3-9-24-12)26(22,23)14-6-4-10-25-14/h3-6,9-10,13H,7-8,11H2,1-2H3,(H,17,20)(H,18,21)/p+1/t13-/m1/s1. The lowest BCUT2D eigenvalue weighted by Gasteiger charge is -2.15. The molecule has 0 fully saturated rings. The molecule has 0 aliphatic heterocycles. The first-order valence-electron chi connectivity index (χ1n) is 7.98. The molecule has 2 aromatic rings. The van der Waals surface area contributed by atoms with E-state index in [1.54, 1.807) is 17.5 Å². The van der Waals surface area contributed by atoms with Crippen LogP contribution in [0.25, 0.3) is 0 Å². The molecule has 1 atom stereocenters. The van der Waals surface area contributed by atoms with Crippen LogP contribution in [0.1, 0.15) is 11.0 Å². The molecule has 0 aliphatic rings. The summed E-state index contributed by atoms with van der Waals surface area (Å²) >= 11 is 1.09. The first-order valence-corrected chi connectivity index (χ1v) is 10.4. The Balaban J connectivity index is 2.05. The van der Waals surface area contributed by atoms with Crippen LogP contribution in [0.3, 0.4) is 0 Å². The molecule has 0 saturated carbocycles. The van der Waals surface area contributed by atoms with Crippen LogP contribution in [0.4, 0.5) is 0 Å². The van der Waals surface area contributed by atoms with E-state index in [4.69, 9.17) is 4.42 Å². The molecule has 0 aliphatic carbocycles. The summed E-state index contributed by atoms with van der Waals surface area (Å²) < 4.78 is 31.0. The van der Waals surface area contributed by atoms with Crippen molar-refractivity contribution >= 4 is 33.0 Å². The minimum absolute atomic E-state index is 0.173. The quantitative estimate of drug-likeness (QED) is 0.504. The molecule has 0 saturated heterocycles. The molecule has 2 heterocycles. The summed E-state index contributed by atoms with van der Waals surface area (Å²) in [6.07, 6.45) is 1.37. The van der Waals surface area contributed by atoms with Gasteiger partial charge in [0, 0.05) is 6.54 Å². The van der Waals surface area contributed by atoms with Crippen LogP contribution in [0.2, 0.25) is 0 Å². The van der Waals surface area contributed by atoms with E-state index >= 15 is 0 Å². The first kappa shape index (κ1) is 20.1. The molecule has 0 spiro atoms. The maximum Gasteiger partial charge on any atom is 0.309 e. The predicted molar refractivity (Wildman–Crippen MR) is 96.7 cm³/mol. The van der Waals surface area contributed by atoms with Crippen molar-refractivity contribution in [1.29, 1.82) is 0 Å². The highest BCUT2D eigenvalue weighted by molar-refractivity contribution is 7.93. The average Bonchev–Trinajstić information content (AvgIpc) is 3.28. The van der Waals surface area contributed by atoms with Crippen LogP contribution >= 0.6 is 11.3 Å². The molecule has 3 N–H and O–H groups in total. The highest BCUT2D eigenvalue weighted by atomic mass is 32.2. The molecule has 10 heteroatoms. The molecule has 142 valence electrons. The minimum Gasteiger partial charge on any atom is -0.468 e. The Morgan fingerprint density at radius 1 is 1.19 bits per heavy atom. The lowest BCUT2D eigenvalue weighted by molar-refractivity contribution is -0.856. The molecule has 2 amide bonds. The number of amides is 2. The Kier molecular flexibility index (Phi) is 6.95. The second-order valence-corrected chi connectivity index (χ2v) is 9.21. The summed E-state index contributed by atoms with van der Waals surface area (Å²) in [5.41, 5.74) is 0. The Hall–Kier alpha value is -2.17. The van der Waals surface area contributed by atoms with Gasteiger partial charge in [-0.2, -0.15) is 0 Å². The Labute approximate surface area is 156 Å². The van der Waals surface area contributed by atoms with Gasteiger partial charge < -0.3 is 20.0 Å². The molecule has 8 nitrogen and oxygen atoms in total. The van der Waals surface area contributed by atoms with Crippen molar-refractivity contribution in [2.75, 3.05) is 33.7 Å². The zero-order chi connectivity index (χ0) is 19.2. The first-order chi connectivity index (χ1) is 12.3. The maximum atomic E-state index is 12.8. The number of carbonyl (C=O) groups excluding carboxylic acids is 2. The third kappa shape index (κ3) is 5.16. The fourth-order valence-corrected chi connectivity index (χ4v) is 4.97. The van der Waals surface area contributed by atoms with Crippen LogP contribution in [0.15, 0.2) is 44.5 Å². The van der Waals surface area contributed by atoms with E-state index in [0.29, 0.717) is 13.1 Å². The van der Waals surface area contributed by atoms with E-state index in [2.05, 4.69) is 10.6 Å². The lowest BCUT2D eigenvalue weighted by atomic mass is 10.3. The van der Waals surface area contributed by atoms with Crippen molar-refractivity contribution in [2.45, 2.75) is 9.46 Å². The Bertz CT molecular complexity index is 814. The summed E-state index contributed by atoms with van der Waals surface area (Å²) in [5, 5.41) is 5.43. The van der Waals surface area contributed by atoms with Crippen LogP contribution in [-0.2, 0) is 19.4 Å². The van der Waals surface area contributed by atoms with Crippen molar-refractivity contribution < 1.29 is 27.3 Å². The third-order valence-electron chi connectivity index (χ3n) is 3.58. The summed E-state index contributed by atoms with van der Waals surface area (Å²) in [7, 11) is 0.0972. The zero-order valence-electron chi connectivity index (χ0n) is 14.5. The van der Waals surface area contributed by atoms with Gasteiger partial charge in [0.1, 0.15) is 15.2 Å². The van der Waals surface area contributed by atoms with Gasteiger partial charge in [0.2, 0.25) is 0 Å². The van der Waals surface area contributed by atoms with E-state index in [1.807, 2.05) is 14.1 Å². The number of sulfone groups is 1. The fourth-order valence-electron chi connectivity index (χ4n) is 2.18. The van der Waals surface area contributed by atoms with E-state index in [1.165, 1.54) is 18.4 Å². The van der Waals surface area contributed by atoms with Gasteiger partial charge in [0.05, 0.1) is 33.4 Å². The second kappa shape index (κ2) is 8.97. The van der Waals surface area contributed by atoms with Crippen molar-refractivity contribution in [3.8, 4) is 0 Å². The molecular formula is C16H22N3O5S2+. The summed E-state index contributed by atoms with van der Waals surface area (Å²) in [5.74, 6) is -1.47. The summed E-state index contributed by atoms with van der Waals surface area (Å²) in [6.45, 7) is 0.753. The van der Waals surface area contributed by atoms with E-state index < -0.39 is 26.9 Å². The van der Waals surface area contributed by atoms with Gasteiger partial charge in [-0.25, -0.2) is 8.42 Å². The Morgan fingerprint density at radius 2 is 1.92 bits per heavy atom. The van der Waals surface area contributed by atoms with Crippen molar-refractivity contribution in [3.63, 3.8) is 0 Å². The Morgan fingerprint density at radius 3 is 2.50 bits per heavy atom. The van der Waals surface area contributed by atoms with Crippen LogP contribution in [-0.4, -0.2) is 54.0 Å². The van der Waals surface area contributed by atoms with Gasteiger partial charge in [-0.3, -0.25) is 9.59 Å². The van der Waals surface area contributed by atoms with Crippen molar-refractivity contribution in [1.82, 2.24) is 10.6 Å². The molecule has 0 aromatic carbocycles. The van der Waals surface area contributed by atoms with E-state index in [0.717, 1.165) is 16.2 Å². The lowest BCUT2D eigenvalue weighted by Crippen LogP contribution is -3.06. The number of thiophene rings is 1. The largest absolute Gasteiger partial charge is 0.468 e. The molecule has 26 heavy (non-hydrogen) atoms. The van der Waals surface area contributed by atoms with Gasteiger partial charge in [0.15, 0.2) is 9.84 Å². The third-order valence-corrected chi connectivity index (χ3v) is 7.07. The number of hydrogen-bond donors (Lipinski definition) is 3. The number of nitrogens with one attached hydrogen (secondary N) is 3. The van der Waals surface area contributed by atoms with Gasteiger partial charge in [-0.1, -0.05) is 6.07 Å². The molecule has 0 radical (unpaired) electrons. The van der Waals surface area contributed by atoms with E-state index in [-0.39, 0.29) is 16.5 Å². The predicted octanol–water partition coefficient (Wildman–Crippen LogP) is -0.767. The monoisotopic (exact) mass is 400 g/mol. The topological polar surface area (TPSA) is 110 Å². The van der Waals surface area contributed by atoms with Gasteiger partial charge in [-0.15, -0.1) is 11.3 Å². The number of rotatable bonds is 8. The zero-order valence-corrected chi connectivity index (χ0v) is 16.2. The molecule has 2 aromatic heterocycles. The molecule has 0 unspecified atom stereocenters. The number of likely N-dealkylation sites (N-methyl/N-ethyl adjacent to an activating group) is 1. The molecule has 2 rings (SSSR count). The van der Waals surface area contributed by atoms with E-state index in [9.17, 15) is 18.0 Å². The number of carbonyl (C=O) groups is 2.